The van der Waals surface area contributed by atoms with Crippen LogP contribution >= 0.6 is 58.0 Å². The van der Waals surface area contributed by atoms with E-state index in [0.29, 0.717) is 0 Å². The van der Waals surface area contributed by atoms with Gasteiger partial charge in [-0.15, -0.1) is 0 Å². The Labute approximate surface area is 124 Å². The summed E-state index contributed by atoms with van der Waals surface area (Å²) in [5.74, 6) is -0.915. The van der Waals surface area contributed by atoms with E-state index in [-0.39, 0.29) is 6.61 Å². The van der Waals surface area contributed by atoms with Crippen LogP contribution in [0.25, 0.3) is 0 Å². The first-order valence-corrected chi connectivity index (χ1v) is 13.2. The third-order valence-electron chi connectivity index (χ3n) is 1.67. The molecule has 0 aromatic heterocycles. The number of hydrogen-bond donors (Lipinski definition) is 0. The van der Waals surface area contributed by atoms with E-state index < -0.39 is 39.0 Å². The molecular weight excluding hydrogens is 523 g/mol. The predicted octanol–water partition coefficient (Wildman–Crippen LogP) is 3.07. The summed E-state index contributed by atoms with van der Waals surface area (Å²) in [5, 5.41) is 0. The third-order valence-corrected chi connectivity index (χ3v) is 4.34. The molecule has 0 N–H and O–H groups in total. The molecule has 1 fully saturated rings. The molecule has 94 valence electrons. The third kappa shape index (κ3) is 5.14. The Morgan fingerprint density at radius 3 is 2.56 bits per heavy atom. The van der Waals surface area contributed by atoms with E-state index in [1.54, 1.807) is 0 Å². The van der Waals surface area contributed by atoms with Crippen molar-refractivity contribution in [1.29, 1.82) is 0 Å². The molecule has 1 saturated heterocycles. The average molecular weight is 528 g/mol. The van der Waals surface area contributed by atoms with Crippen LogP contribution in [0.5, 0.6) is 0 Å². The van der Waals surface area contributed by atoms with Crippen LogP contribution in [0.4, 0.5) is 4.39 Å². The SMILES string of the molecule is O=C1O[C@H](CO[S-](#P)I)[C@@H](O[S-](#P)I)[C@@H]1F. The molecule has 0 aliphatic carbocycles. The van der Waals surface area contributed by atoms with Crippen LogP contribution in [-0.2, 0) is 32.5 Å². The normalized spacial score (nSPS) is 29.9. The minimum absolute atomic E-state index is 0.0635. The van der Waals surface area contributed by atoms with Crippen LogP contribution in [0.15, 0.2) is 0 Å². The van der Waals surface area contributed by atoms with Crippen molar-refractivity contribution in [3.63, 3.8) is 0 Å². The Balaban J connectivity index is 2.65. The monoisotopic (exact) mass is 528 g/mol. The summed E-state index contributed by atoms with van der Waals surface area (Å²) < 4.78 is 28.6. The van der Waals surface area contributed by atoms with Gasteiger partial charge in [-0.2, -0.15) is 0 Å². The molecule has 1 rings (SSSR count). The summed E-state index contributed by atoms with van der Waals surface area (Å²) in [6.45, 7) is 0.0635. The Morgan fingerprint density at radius 2 is 2.06 bits per heavy atom. The predicted molar refractivity (Wildman–Crippen MR) is 82.2 cm³/mol. The molecule has 0 spiro atoms. The maximum absolute atomic E-state index is 13.4. The van der Waals surface area contributed by atoms with E-state index in [0.717, 1.165) is 0 Å². The molecule has 0 aromatic carbocycles. The van der Waals surface area contributed by atoms with E-state index >= 15 is 0 Å². The van der Waals surface area contributed by atoms with Crippen molar-refractivity contribution in [2.45, 2.75) is 18.4 Å². The summed E-state index contributed by atoms with van der Waals surface area (Å²) in [7, 11) is 6.67. The van der Waals surface area contributed by atoms with Crippen molar-refractivity contribution in [3.05, 3.63) is 0 Å². The van der Waals surface area contributed by atoms with Gasteiger partial charge in [-0.25, -0.2) is 0 Å². The number of carbonyl (C=O) groups is 1. The van der Waals surface area contributed by atoms with Gasteiger partial charge >= 0.3 is 126 Å². The maximum atomic E-state index is 13.4. The Bertz CT molecular complexity index is 418. The molecule has 1 heterocycles. The molecule has 1 aliphatic rings. The number of carbonyl (C=O) groups excluding carboxylic acids is 1. The summed E-state index contributed by atoms with van der Waals surface area (Å²) >= 11 is 3.83. The number of cyclic esters (lactones) is 1. The van der Waals surface area contributed by atoms with Gasteiger partial charge in [0, 0.05) is 0 Å². The van der Waals surface area contributed by atoms with Crippen molar-refractivity contribution in [1.82, 2.24) is 0 Å². The zero-order chi connectivity index (χ0) is 12.3. The van der Waals surface area contributed by atoms with Gasteiger partial charge in [0.1, 0.15) is 0 Å². The van der Waals surface area contributed by atoms with Crippen molar-refractivity contribution in [3.8, 4) is 0 Å². The second kappa shape index (κ2) is 7.81. The van der Waals surface area contributed by atoms with Crippen molar-refractivity contribution < 1.29 is 22.3 Å². The Morgan fingerprint density at radius 1 is 1.44 bits per heavy atom. The van der Waals surface area contributed by atoms with Gasteiger partial charge < -0.3 is 0 Å². The number of rotatable bonds is 3. The first-order valence-electron chi connectivity index (χ1n) is 3.76. The van der Waals surface area contributed by atoms with Gasteiger partial charge in [0.15, 0.2) is 0 Å². The molecule has 0 saturated carbocycles. The van der Waals surface area contributed by atoms with E-state index in [2.05, 4.69) is 15.6 Å². The number of alkyl halides is 1. The minimum atomic E-state index is -1.78. The summed E-state index contributed by atoms with van der Waals surface area (Å²) in [6.07, 6.45) is -3.48. The second-order valence-corrected chi connectivity index (χ2v) is 14.9. The number of halogens is 3. The van der Waals surface area contributed by atoms with E-state index in [1.807, 2.05) is 42.4 Å². The van der Waals surface area contributed by atoms with Gasteiger partial charge in [-0.3, -0.25) is 0 Å². The molecule has 0 bridgehead atoms. The van der Waals surface area contributed by atoms with Gasteiger partial charge in [-0.05, 0) is 0 Å². The van der Waals surface area contributed by atoms with E-state index in [9.17, 15) is 9.18 Å². The van der Waals surface area contributed by atoms with Gasteiger partial charge in [-0.1, -0.05) is 0 Å². The van der Waals surface area contributed by atoms with Gasteiger partial charge in [0.25, 0.3) is 0 Å². The fraction of sp³-hybridized carbons (Fsp3) is 0.800. The molecule has 16 heavy (non-hydrogen) atoms. The molecule has 11 heteroatoms. The second-order valence-electron chi connectivity index (χ2n) is 2.64. The first kappa shape index (κ1) is 16.4. The molecule has 0 unspecified atom stereocenters. The number of ether oxygens (including phenoxy) is 1. The van der Waals surface area contributed by atoms with Crippen LogP contribution in [-0.4, -0.2) is 31.0 Å². The molecule has 4 nitrogen and oxygen atoms in total. The molecule has 3 atom stereocenters. The zero-order valence-corrected chi connectivity index (χ0v) is 15.2. The van der Waals surface area contributed by atoms with Crippen molar-refractivity contribution in [2.24, 2.45) is 0 Å². The molecule has 1 aliphatic heterocycles. The zero-order valence-electron chi connectivity index (χ0n) is 7.42. The topological polar surface area (TPSA) is 44.8 Å². The fourth-order valence-electron chi connectivity index (χ4n) is 1.06. The molecule has 0 amide bonds. The summed E-state index contributed by atoms with van der Waals surface area (Å²) in [4.78, 5) is 11.0. The van der Waals surface area contributed by atoms with Gasteiger partial charge in [0.05, 0.1) is 0 Å². The first-order chi connectivity index (χ1) is 7.41. The Hall–Kier alpha value is 2.34. The van der Waals surface area contributed by atoms with Crippen LogP contribution in [0.2, 0.25) is 0 Å². The van der Waals surface area contributed by atoms with E-state index in [4.69, 9.17) is 13.1 Å². The van der Waals surface area contributed by atoms with Crippen molar-refractivity contribution >= 4 is 78.7 Å². The van der Waals surface area contributed by atoms with Crippen LogP contribution in [0, 0.1) is 0 Å². The average Bonchev–Trinajstić information content (AvgIpc) is 2.42. The van der Waals surface area contributed by atoms with Gasteiger partial charge in [0.2, 0.25) is 0 Å². The molecule has 0 aromatic rings. The molecule has 0 radical (unpaired) electrons. The fourth-order valence-corrected chi connectivity index (χ4v) is 3.35. The van der Waals surface area contributed by atoms with Crippen molar-refractivity contribution in [2.75, 3.05) is 6.61 Å². The van der Waals surface area contributed by atoms with Crippen LogP contribution < -0.4 is 0 Å². The van der Waals surface area contributed by atoms with Crippen LogP contribution in [0.1, 0.15) is 0 Å². The standard InChI is InChI=1S/C5H5FI2O4P2S2/c6-3-4(12-16(8)14)2(11-5(3)9)1-10-15(7)13/h2-4H,1H2/q-2/t2-,3+,4-/m1/s1. The van der Waals surface area contributed by atoms with E-state index in [1.165, 1.54) is 0 Å². The Kier molecular flexibility index (Phi) is 8.01. The van der Waals surface area contributed by atoms with Crippen LogP contribution in [0.3, 0.4) is 0 Å². The quantitative estimate of drug-likeness (QED) is 0.245. The summed E-state index contributed by atoms with van der Waals surface area (Å²) in [5.41, 5.74) is 0. The summed E-state index contributed by atoms with van der Waals surface area (Å²) in [6, 6.07) is 0. The number of esters is 1. The number of hydrogen-bond acceptors (Lipinski definition) is 6. The molecular formula is C5H5FI2O4P2S2-2.